The van der Waals surface area contributed by atoms with E-state index in [1.807, 2.05) is 49.4 Å². The molecule has 0 aliphatic heterocycles. The Balaban J connectivity index is 1.75. The molecule has 0 spiro atoms. The second-order valence-corrected chi connectivity index (χ2v) is 5.95. The molecule has 0 saturated heterocycles. The highest BCUT2D eigenvalue weighted by molar-refractivity contribution is 5.94. The van der Waals surface area contributed by atoms with E-state index in [4.69, 9.17) is 0 Å². The molecule has 4 heteroatoms. The molecule has 1 aromatic carbocycles. The first-order chi connectivity index (χ1) is 11.6. The maximum absolute atomic E-state index is 12.4. The fourth-order valence-electron chi connectivity index (χ4n) is 2.82. The summed E-state index contributed by atoms with van der Waals surface area (Å²) < 4.78 is 2.16. The van der Waals surface area contributed by atoms with Gasteiger partial charge in [-0.25, -0.2) is 0 Å². The van der Waals surface area contributed by atoms with Gasteiger partial charge in [0.05, 0.1) is 11.7 Å². The van der Waals surface area contributed by atoms with Crippen LogP contribution >= 0.6 is 0 Å². The molecule has 0 aliphatic rings. The van der Waals surface area contributed by atoms with Crippen LogP contribution < -0.4 is 5.32 Å². The Hall–Kier alpha value is -2.88. The zero-order chi connectivity index (χ0) is 17.1. The van der Waals surface area contributed by atoms with Gasteiger partial charge >= 0.3 is 0 Å². The normalized spacial score (nSPS) is 12.0. The molecule has 24 heavy (non-hydrogen) atoms. The SMILES string of the molecule is Cc1ccc(C)n1-c1ccc(C(=O)NC(C)c2ccccn2)cc1. The molecule has 0 saturated carbocycles. The zero-order valence-corrected chi connectivity index (χ0v) is 14.2. The third kappa shape index (κ3) is 3.23. The van der Waals surface area contributed by atoms with Gasteiger partial charge in [0, 0.05) is 28.8 Å². The van der Waals surface area contributed by atoms with Gasteiger partial charge in [0.1, 0.15) is 0 Å². The van der Waals surface area contributed by atoms with Gasteiger partial charge in [0.2, 0.25) is 0 Å². The molecule has 0 aliphatic carbocycles. The molecule has 1 N–H and O–H groups in total. The average Bonchev–Trinajstić information content (AvgIpc) is 2.94. The molecule has 122 valence electrons. The van der Waals surface area contributed by atoms with Gasteiger partial charge < -0.3 is 9.88 Å². The van der Waals surface area contributed by atoms with Crippen molar-refractivity contribution in [2.45, 2.75) is 26.8 Å². The lowest BCUT2D eigenvalue weighted by Crippen LogP contribution is -2.27. The Kier molecular flexibility index (Phi) is 4.47. The molecule has 2 aromatic heterocycles. The molecule has 0 bridgehead atoms. The van der Waals surface area contributed by atoms with E-state index < -0.39 is 0 Å². The first kappa shape index (κ1) is 16.0. The Labute approximate surface area is 142 Å². The van der Waals surface area contributed by atoms with E-state index in [-0.39, 0.29) is 11.9 Å². The van der Waals surface area contributed by atoms with Crippen LogP contribution in [0.2, 0.25) is 0 Å². The first-order valence-corrected chi connectivity index (χ1v) is 8.03. The number of nitrogens with zero attached hydrogens (tertiary/aromatic N) is 2. The minimum absolute atomic E-state index is 0.0966. The lowest BCUT2D eigenvalue weighted by Gasteiger charge is -2.14. The van der Waals surface area contributed by atoms with Gasteiger partial charge in [-0.15, -0.1) is 0 Å². The topological polar surface area (TPSA) is 46.9 Å². The summed E-state index contributed by atoms with van der Waals surface area (Å²) in [5.74, 6) is -0.0966. The summed E-state index contributed by atoms with van der Waals surface area (Å²) >= 11 is 0. The van der Waals surface area contributed by atoms with Crippen LogP contribution in [0.1, 0.15) is 40.4 Å². The fourth-order valence-corrected chi connectivity index (χ4v) is 2.82. The molecular weight excluding hydrogens is 298 g/mol. The van der Waals surface area contributed by atoms with Crippen molar-refractivity contribution in [3.63, 3.8) is 0 Å². The molecular formula is C20H21N3O. The molecule has 1 amide bonds. The van der Waals surface area contributed by atoms with Crippen molar-refractivity contribution in [3.8, 4) is 5.69 Å². The van der Waals surface area contributed by atoms with Gasteiger partial charge in [-0.1, -0.05) is 6.07 Å². The molecule has 3 aromatic rings. The number of pyridine rings is 1. The van der Waals surface area contributed by atoms with Crippen LogP contribution in [0.5, 0.6) is 0 Å². The van der Waals surface area contributed by atoms with E-state index in [1.54, 1.807) is 6.20 Å². The summed E-state index contributed by atoms with van der Waals surface area (Å²) in [4.78, 5) is 16.7. The van der Waals surface area contributed by atoms with E-state index >= 15 is 0 Å². The van der Waals surface area contributed by atoms with Crippen LogP contribution in [-0.2, 0) is 0 Å². The van der Waals surface area contributed by atoms with Gasteiger partial charge in [-0.2, -0.15) is 0 Å². The number of rotatable bonds is 4. The Morgan fingerprint density at radius 3 is 2.25 bits per heavy atom. The van der Waals surface area contributed by atoms with E-state index in [9.17, 15) is 4.79 Å². The van der Waals surface area contributed by atoms with Crippen molar-refractivity contribution < 1.29 is 4.79 Å². The molecule has 2 heterocycles. The number of nitrogens with one attached hydrogen (secondary N) is 1. The van der Waals surface area contributed by atoms with E-state index in [0.29, 0.717) is 5.56 Å². The standard InChI is InChI=1S/C20H21N3O/c1-14-7-8-15(2)23(14)18-11-9-17(10-12-18)20(24)22-16(3)19-6-4-5-13-21-19/h4-13,16H,1-3H3,(H,22,24). The predicted octanol–water partition coefficient (Wildman–Crippen LogP) is 3.98. The van der Waals surface area contributed by atoms with Crippen LogP contribution in [0.4, 0.5) is 0 Å². The largest absolute Gasteiger partial charge is 0.344 e. The monoisotopic (exact) mass is 319 g/mol. The van der Waals surface area contributed by atoms with E-state index in [1.165, 1.54) is 11.4 Å². The zero-order valence-electron chi connectivity index (χ0n) is 14.2. The summed E-state index contributed by atoms with van der Waals surface area (Å²) in [6.45, 7) is 6.07. The van der Waals surface area contributed by atoms with Crippen molar-refractivity contribution in [2.75, 3.05) is 0 Å². The minimum atomic E-state index is -0.132. The van der Waals surface area contributed by atoms with Crippen molar-refractivity contribution in [2.24, 2.45) is 0 Å². The van der Waals surface area contributed by atoms with Crippen LogP contribution in [-0.4, -0.2) is 15.5 Å². The first-order valence-electron chi connectivity index (χ1n) is 8.03. The number of carbonyl (C=O) groups excluding carboxylic acids is 1. The third-order valence-electron chi connectivity index (χ3n) is 4.14. The summed E-state index contributed by atoms with van der Waals surface area (Å²) in [6, 6.07) is 17.4. The molecule has 0 fully saturated rings. The van der Waals surface area contributed by atoms with Crippen molar-refractivity contribution in [3.05, 3.63) is 83.4 Å². The maximum atomic E-state index is 12.4. The number of aromatic nitrogens is 2. The quantitative estimate of drug-likeness (QED) is 0.790. The smallest absolute Gasteiger partial charge is 0.251 e. The molecule has 4 nitrogen and oxygen atoms in total. The lowest BCUT2D eigenvalue weighted by atomic mass is 10.1. The number of carbonyl (C=O) groups is 1. The number of amides is 1. The van der Waals surface area contributed by atoms with Crippen LogP contribution in [0.15, 0.2) is 60.8 Å². The van der Waals surface area contributed by atoms with Gasteiger partial charge in [-0.05, 0) is 69.3 Å². The van der Waals surface area contributed by atoms with Crippen LogP contribution in [0.25, 0.3) is 5.69 Å². The Bertz CT molecular complexity index is 816. The average molecular weight is 319 g/mol. The number of aryl methyl sites for hydroxylation is 2. The summed E-state index contributed by atoms with van der Waals surface area (Å²) in [7, 11) is 0. The van der Waals surface area contributed by atoms with Gasteiger partial charge in [0.15, 0.2) is 0 Å². The maximum Gasteiger partial charge on any atom is 0.251 e. The Morgan fingerprint density at radius 2 is 1.67 bits per heavy atom. The van der Waals surface area contributed by atoms with Crippen molar-refractivity contribution in [1.82, 2.24) is 14.9 Å². The number of hydrogen-bond acceptors (Lipinski definition) is 2. The highest BCUT2D eigenvalue weighted by Crippen LogP contribution is 2.17. The molecule has 3 rings (SSSR count). The van der Waals surface area contributed by atoms with Crippen LogP contribution in [0, 0.1) is 13.8 Å². The van der Waals surface area contributed by atoms with Crippen molar-refractivity contribution in [1.29, 1.82) is 0 Å². The molecule has 0 radical (unpaired) electrons. The molecule has 1 unspecified atom stereocenters. The summed E-state index contributed by atoms with van der Waals surface area (Å²) in [5.41, 5.74) is 4.90. The summed E-state index contributed by atoms with van der Waals surface area (Å²) in [6.07, 6.45) is 1.73. The fraction of sp³-hybridized carbons (Fsp3) is 0.200. The molecule has 1 atom stereocenters. The highest BCUT2D eigenvalue weighted by atomic mass is 16.1. The van der Waals surface area contributed by atoms with Gasteiger partial charge in [0.25, 0.3) is 5.91 Å². The van der Waals surface area contributed by atoms with Gasteiger partial charge in [-0.3, -0.25) is 9.78 Å². The minimum Gasteiger partial charge on any atom is -0.344 e. The number of hydrogen-bond donors (Lipinski definition) is 1. The van der Waals surface area contributed by atoms with Crippen LogP contribution in [0.3, 0.4) is 0 Å². The van der Waals surface area contributed by atoms with Crippen molar-refractivity contribution >= 4 is 5.91 Å². The van der Waals surface area contributed by atoms with E-state index in [0.717, 1.165) is 11.4 Å². The number of benzene rings is 1. The summed E-state index contributed by atoms with van der Waals surface area (Å²) in [5, 5.41) is 2.98. The predicted molar refractivity (Wildman–Crippen MR) is 95.4 cm³/mol. The van der Waals surface area contributed by atoms with E-state index in [2.05, 4.69) is 40.8 Å². The third-order valence-corrected chi connectivity index (χ3v) is 4.14. The second-order valence-electron chi connectivity index (χ2n) is 5.95. The Morgan fingerprint density at radius 1 is 1.00 bits per heavy atom. The highest BCUT2D eigenvalue weighted by Gasteiger charge is 2.12. The lowest BCUT2D eigenvalue weighted by molar-refractivity contribution is 0.0939. The second kappa shape index (κ2) is 6.71.